The number of hydrogen-bond donors (Lipinski definition) is 1. The van der Waals surface area contributed by atoms with Crippen LogP contribution in [0.3, 0.4) is 0 Å². The number of sulfonamides is 1. The Hall–Kier alpha value is 0.160. The fourth-order valence-electron chi connectivity index (χ4n) is 2.00. The van der Waals surface area contributed by atoms with E-state index in [-0.39, 0.29) is 5.75 Å². The van der Waals surface area contributed by atoms with Crippen molar-refractivity contribution in [2.75, 3.05) is 37.8 Å². The smallest absolute Gasteiger partial charge is 0.211 e. The lowest BCUT2D eigenvalue weighted by atomic mass is 10.4. The van der Waals surface area contributed by atoms with E-state index in [0.717, 1.165) is 19.4 Å². The van der Waals surface area contributed by atoms with E-state index in [4.69, 9.17) is 11.6 Å². The average Bonchev–Trinajstić information content (AvgIpc) is 2.77. The molecule has 0 unspecified atom stereocenters. The van der Waals surface area contributed by atoms with Crippen molar-refractivity contribution >= 4 is 21.6 Å². The molecule has 1 fully saturated rings. The van der Waals surface area contributed by atoms with Gasteiger partial charge in [-0.2, -0.15) is 0 Å². The molecule has 17 heavy (non-hydrogen) atoms. The van der Waals surface area contributed by atoms with E-state index in [2.05, 4.69) is 9.62 Å². The summed E-state index contributed by atoms with van der Waals surface area (Å²) < 4.78 is 25.7. The topological polar surface area (TPSA) is 49.4 Å². The monoisotopic (exact) mass is 282 g/mol. The molecule has 1 saturated heterocycles. The van der Waals surface area contributed by atoms with Crippen molar-refractivity contribution in [3.8, 4) is 0 Å². The number of hydrogen-bond acceptors (Lipinski definition) is 3. The van der Waals surface area contributed by atoms with Crippen LogP contribution in [-0.4, -0.2) is 51.1 Å². The van der Waals surface area contributed by atoms with Gasteiger partial charge in [-0.05, 0) is 51.7 Å². The van der Waals surface area contributed by atoms with Crippen molar-refractivity contribution in [2.45, 2.75) is 32.1 Å². The first-order chi connectivity index (χ1) is 8.14. The summed E-state index contributed by atoms with van der Waals surface area (Å²) in [6.45, 7) is 3.90. The lowest BCUT2D eigenvalue weighted by Gasteiger charge is -2.14. The number of likely N-dealkylation sites (tertiary alicyclic amines) is 1. The third-order valence-electron chi connectivity index (χ3n) is 2.97. The normalized spacial score (nSPS) is 17.7. The van der Waals surface area contributed by atoms with E-state index >= 15 is 0 Å². The first kappa shape index (κ1) is 15.2. The highest BCUT2D eigenvalue weighted by molar-refractivity contribution is 7.89. The van der Waals surface area contributed by atoms with Crippen LogP contribution in [0.1, 0.15) is 32.1 Å². The molecule has 0 radical (unpaired) electrons. The summed E-state index contributed by atoms with van der Waals surface area (Å²) in [7, 11) is -3.08. The molecular formula is C11H23ClN2O2S. The largest absolute Gasteiger partial charge is 0.303 e. The Morgan fingerprint density at radius 3 is 2.47 bits per heavy atom. The molecule has 1 aliphatic heterocycles. The van der Waals surface area contributed by atoms with Crippen molar-refractivity contribution in [3.63, 3.8) is 0 Å². The Labute approximate surface area is 110 Å². The zero-order chi connectivity index (χ0) is 12.6. The third kappa shape index (κ3) is 7.24. The molecule has 1 N–H and O–H groups in total. The van der Waals surface area contributed by atoms with Crippen molar-refractivity contribution in [2.24, 2.45) is 0 Å². The molecule has 0 spiro atoms. The Balaban J connectivity index is 2.03. The van der Waals surface area contributed by atoms with Crippen molar-refractivity contribution in [1.82, 2.24) is 9.62 Å². The maximum Gasteiger partial charge on any atom is 0.211 e. The predicted molar refractivity (Wildman–Crippen MR) is 72.0 cm³/mol. The summed E-state index contributed by atoms with van der Waals surface area (Å²) in [6, 6.07) is 0. The summed E-state index contributed by atoms with van der Waals surface area (Å²) >= 11 is 5.51. The van der Waals surface area contributed by atoms with Crippen LogP contribution < -0.4 is 4.72 Å². The summed E-state index contributed by atoms with van der Waals surface area (Å²) in [6.07, 6.45) is 4.87. The van der Waals surface area contributed by atoms with Crippen LogP contribution in [-0.2, 0) is 10.0 Å². The van der Waals surface area contributed by atoms with Gasteiger partial charge in [-0.25, -0.2) is 13.1 Å². The van der Waals surface area contributed by atoms with Gasteiger partial charge in [0.1, 0.15) is 0 Å². The van der Waals surface area contributed by atoms with Crippen LogP contribution >= 0.6 is 11.6 Å². The second-order valence-corrected chi connectivity index (χ2v) is 6.82. The van der Waals surface area contributed by atoms with E-state index in [0.29, 0.717) is 18.8 Å². The summed E-state index contributed by atoms with van der Waals surface area (Å²) in [5, 5.41) is 0. The summed E-state index contributed by atoms with van der Waals surface area (Å²) in [5.41, 5.74) is 0. The molecule has 1 aliphatic rings. The second-order valence-electron chi connectivity index (χ2n) is 4.51. The summed E-state index contributed by atoms with van der Waals surface area (Å²) in [5.74, 6) is 0.730. The van der Waals surface area contributed by atoms with Crippen molar-refractivity contribution in [3.05, 3.63) is 0 Å². The predicted octanol–water partition coefficient (Wildman–Crippen LogP) is 1.41. The maximum absolute atomic E-state index is 11.5. The highest BCUT2D eigenvalue weighted by Gasteiger charge is 2.12. The van der Waals surface area contributed by atoms with Crippen LogP contribution in [0.2, 0.25) is 0 Å². The second kappa shape index (κ2) is 8.29. The van der Waals surface area contributed by atoms with E-state index < -0.39 is 10.0 Å². The van der Waals surface area contributed by atoms with Gasteiger partial charge in [0.25, 0.3) is 0 Å². The van der Waals surface area contributed by atoms with Gasteiger partial charge < -0.3 is 4.90 Å². The molecule has 0 saturated carbocycles. The van der Waals surface area contributed by atoms with Crippen LogP contribution in [0, 0.1) is 0 Å². The molecule has 0 aliphatic carbocycles. The Bertz CT molecular complexity index is 290. The molecule has 0 aromatic carbocycles. The molecular weight excluding hydrogens is 260 g/mol. The number of rotatable bonds is 9. The van der Waals surface area contributed by atoms with Gasteiger partial charge in [0.05, 0.1) is 5.75 Å². The van der Waals surface area contributed by atoms with Crippen LogP contribution in [0.4, 0.5) is 0 Å². The van der Waals surface area contributed by atoms with Crippen molar-refractivity contribution in [1.29, 1.82) is 0 Å². The highest BCUT2D eigenvalue weighted by atomic mass is 35.5. The zero-order valence-corrected chi connectivity index (χ0v) is 11.9. The van der Waals surface area contributed by atoms with Crippen molar-refractivity contribution < 1.29 is 8.42 Å². The fraction of sp³-hybridized carbons (Fsp3) is 1.00. The molecule has 1 rings (SSSR count). The number of halogens is 1. The van der Waals surface area contributed by atoms with Gasteiger partial charge in [0.15, 0.2) is 0 Å². The van der Waals surface area contributed by atoms with Gasteiger partial charge in [-0.15, -0.1) is 11.6 Å². The molecule has 6 heteroatoms. The SMILES string of the molecule is O=S(=O)(CCCCCl)NCCCN1CCCC1. The molecule has 0 bridgehead atoms. The van der Waals surface area contributed by atoms with E-state index in [1.165, 1.54) is 25.9 Å². The minimum absolute atomic E-state index is 0.198. The molecule has 102 valence electrons. The lowest BCUT2D eigenvalue weighted by molar-refractivity contribution is 0.334. The van der Waals surface area contributed by atoms with E-state index in [1.807, 2.05) is 0 Å². The lowest BCUT2D eigenvalue weighted by Crippen LogP contribution is -2.30. The van der Waals surface area contributed by atoms with E-state index in [1.54, 1.807) is 0 Å². The highest BCUT2D eigenvalue weighted by Crippen LogP contribution is 2.07. The van der Waals surface area contributed by atoms with Gasteiger partial charge in [-0.3, -0.25) is 0 Å². The zero-order valence-electron chi connectivity index (χ0n) is 10.3. The Morgan fingerprint density at radius 2 is 1.82 bits per heavy atom. The molecule has 4 nitrogen and oxygen atoms in total. The number of nitrogens with zero attached hydrogens (tertiary/aromatic N) is 1. The average molecular weight is 283 g/mol. The molecule has 0 aromatic rings. The number of unbranched alkanes of at least 4 members (excludes halogenated alkanes) is 1. The fourth-order valence-corrected chi connectivity index (χ4v) is 3.37. The maximum atomic E-state index is 11.5. The van der Waals surface area contributed by atoms with Crippen LogP contribution in [0.15, 0.2) is 0 Å². The molecule has 1 heterocycles. The number of alkyl halides is 1. The quantitative estimate of drug-likeness (QED) is 0.514. The third-order valence-corrected chi connectivity index (χ3v) is 4.71. The van der Waals surface area contributed by atoms with Gasteiger partial charge in [-0.1, -0.05) is 0 Å². The van der Waals surface area contributed by atoms with E-state index in [9.17, 15) is 8.42 Å². The van der Waals surface area contributed by atoms with Gasteiger partial charge in [0.2, 0.25) is 10.0 Å². The van der Waals surface area contributed by atoms with Crippen LogP contribution in [0.25, 0.3) is 0 Å². The minimum atomic E-state index is -3.08. The standard InChI is InChI=1S/C11H23ClN2O2S/c12-6-1-4-11-17(15,16)13-7-5-10-14-8-2-3-9-14/h13H,1-11H2. The number of nitrogens with one attached hydrogen (secondary N) is 1. The Morgan fingerprint density at radius 1 is 1.12 bits per heavy atom. The van der Waals surface area contributed by atoms with Gasteiger partial charge >= 0.3 is 0 Å². The first-order valence-electron chi connectivity index (χ1n) is 6.40. The van der Waals surface area contributed by atoms with Gasteiger partial charge in [0, 0.05) is 12.4 Å². The van der Waals surface area contributed by atoms with Crippen LogP contribution in [0.5, 0.6) is 0 Å². The molecule has 0 atom stereocenters. The minimum Gasteiger partial charge on any atom is -0.303 e. The summed E-state index contributed by atoms with van der Waals surface area (Å²) in [4.78, 5) is 2.39. The molecule has 0 amide bonds. The molecule has 0 aromatic heterocycles. The first-order valence-corrected chi connectivity index (χ1v) is 8.58. The Kier molecular flexibility index (Phi) is 7.43.